The van der Waals surface area contributed by atoms with E-state index in [1.807, 2.05) is 19.1 Å². The van der Waals surface area contributed by atoms with Gasteiger partial charge in [0, 0.05) is 29.8 Å². The molecule has 0 fully saturated rings. The lowest BCUT2D eigenvalue weighted by molar-refractivity contribution is 0.398. The zero-order valence-corrected chi connectivity index (χ0v) is 15.0. The van der Waals surface area contributed by atoms with Gasteiger partial charge in [-0.2, -0.15) is 0 Å². The number of aromatic nitrogens is 3. The molecule has 1 aliphatic rings. The highest BCUT2D eigenvalue weighted by atomic mass is 19.1. The van der Waals surface area contributed by atoms with Crippen LogP contribution in [0.15, 0.2) is 41.4 Å². The minimum absolute atomic E-state index is 0.213. The number of ether oxygens (including phenoxy) is 1. The van der Waals surface area contributed by atoms with E-state index in [0.717, 1.165) is 22.5 Å². The van der Waals surface area contributed by atoms with E-state index in [9.17, 15) is 4.39 Å². The summed E-state index contributed by atoms with van der Waals surface area (Å²) in [4.78, 5) is 17.7. The van der Waals surface area contributed by atoms with Crippen LogP contribution in [0, 0.1) is 12.7 Å². The predicted octanol–water partition coefficient (Wildman–Crippen LogP) is 3.29. The van der Waals surface area contributed by atoms with E-state index < -0.39 is 0 Å². The first-order chi connectivity index (χ1) is 13.0. The Morgan fingerprint density at radius 1 is 1.15 bits per heavy atom. The smallest absolute Gasteiger partial charge is 0.220 e. The number of anilines is 1. The zero-order chi connectivity index (χ0) is 19.0. The Morgan fingerprint density at radius 3 is 2.81 bits per heavy atom. The molecule has 2 aromatic heterocycles. The molecule has 1 atom stereocenters. The van der Waals surface area contributed by atoms with Crippen molar-refractivity contribution in [1.29, 1.82) is 0 Å². The van der Waals surface area contributed by atoms with Crippen molar-refractivity contribution in [3.8, 4) is 17.1 Å². The van der Waals surface area contributed by atoms with E-state index in [4.69, 9.17) is 10.5 Å². The number of aryl methyl sites for hydroxylation is 1. The Labute approximate surface area is 156 Å². The van der Waals surface area contributed by atoms with Crippen molar-refractivity contribution in [2.45, 2.75) is 19.4 Å². The van der Waals surface area contributed by atoms with Gasteiger partial charge in [-0.15, -0.1) is 0 Å². The Kier molecular flexibility index (Phi) is 4.27. The zero-order valence-electron chi connectivity index (χ0n) is 15.0. The lowest BCUT2D eigenvalue weighted by Gasteiger charge is -2.22. The summed E-state index contributed by atoms with van der Waals surface area (Å²) in [5.74, 6) is 0.381. The standard InChI is InChI=1S/C20H18FN5O/c1-11-15-10-23-17(9-18(15)26-20(22)24-11)13-7-6-12(21)8-14(13)16-4-3-5-19(25-16)27-2/h3-8,10,17H,9H2,1-2H3,(H2,22,24,26)/t17-/m1/s1. The molecule has 0 unspecified atom stereocenters. The average molecular weight is 363 g/mol. The monoisotopic (exact) mass is 363 g/mol. The lowest BCUT2D eigenvalue weighted by atomic mass is 9.92. The van der Waals surface area contributed by atoms with E-state index in [2.05, 4.69) is 19.9 Å². The molecule has 0 spiro atoms. The van der Waals surface area contributed by atoms with Crippen molar-refractivity contribution in [3.63, 3.8) is 0 Å². The summed E-state index contributed by atoms with van der Waals surface area (Å²) in [7, 11) is 1.55. The van der Waals surface area contributed by atoms with Crippen molar-refractivity contribution in [2.75, 3.05) is 12.8 Å². The van der Waals surface area contributed by atoms with Crippen LogP contribution in [0.4, 0.5) is 10.3 Å². The fourth-order valence-electron chi connectivity index (χ4n) is 3.30. The number of nitrogen functional groups attached to an aromatic ring is 1. The van der Waals surface area contributed by atoms with E-state index >= 15 is 0 Å². The SMILES string of the molecule is COc1cccc(-c2cc(F)ccc2[C@H]2Cc3nc(N)nc(C)c3C=N2)n1. The Balaban J connectivity index is 1.79. The van der Waals surface area contributed by atoms with Gasteiger partial charge in [-0.1, -0.05) is 12.1 Å². The minimum Gasteiger partial charge on any atom is -0.481 e. The van der Waals surface area contributed by atoms with Crippen molar-refractivity contribution in [3.05, 3.63) is 64.7 Å². The molecule has 7 heteroatoms. The molecule has 27 heavy (non-hydrogen) atoms. The van der Waals surface area contributed by atoms with Crippen molar-refractivity contribution >= 4 is 12.2 Å². The molecular formula is C20H18FN5O. The summed E-state index contributed by atoms with van der Waals surface area (Å²) in [6, 6.07) is 9.84. The molecular weight excluding hydrogens is 345 g/mol. The Hall–Kier alpha value is -3.35. The first kappa shape index (κ1) is 17.1. The second-order valence-corrected chi connectivity index (χ2v) is 6.32. The van der Waals surface area contributed by atoms with Crippen LogP contribution in [0.1, 0.15) is 28.6 Å². The van der Waals surface area contributed by atoms with E-state index in [-0.39, 0.29) is 17.8 Å². The summed E-state index contributed by atoms with van der Waals surface area (Å²) in [5.41, 5.74) is 10.5. The van der Waals surface area contributed by atoms with Gasteiger partial charge in [0.1, 0.15) is 5.82 Å². The Bertz CT molecular complexity index is 1050. The molecule has 2 N–H and O–H groups in total. The third kappa shape index (κ3) is 3.23. The first-order valence-corrected chi connectivity index (χ1v) is 8.52. The number of aliphatic imine (C=N–C) groups is 1. The molecule has 0 saturated heterocycles. The van der Waals surface area contributed by atoms with Gasteiger partial charge >= 0.3 is 0 Å². The highest BCUT2D eigenvalue weighted by Crippen LogP contribution is 2.35. The van der Waals surface area contributed by atoms with Crippen LogP contribution in [0.3, 0.4) is 0 Å². The van der Waals surface area contributed by atoms with Crippen molar-refractivity contribution < 1.29 is 9.13 Å². The van der Waals surface area contributed by atoms with Crippen LogP contribution in [0.5, 0.6) is 5.88 Å². The first-order valence-electron chi connectivity index (χ1n) is 8.52. The van der Waals surface area contributed by atoms with Crippen LogP contribution >= 0.6 is 0 Å². The van der Waals surface area contributed by atoms with Gasteiger partial charge in [-0.05, 0) is 30.7 Å². The van der Waals surface area contributed by atoms with Gasteiger partial charge in [0.25, 0.3) is 0 Å². The van der Waals surface area contributed by atoms with Gasteiger partial charge in [0.2, 0.25) is 11.8 Å². The maximum atomic E-state index is 14.0. The van der Waals surface area contributed by atoms with Gasteiger partial charge in [-0.25, -0.2) is 19.3 Å². The number of halogens is 1. The van der Waals surface area contributed by atoms with E-state index in [1.54, 1.807) is 25.5 Å². The molecule has 4 rings (SSSR count). The largest absolute Gasteiger partial charge is 0.481 e. The van der Waals surface area contributed by atoms with Crippen LogP contribution in [0.2, 0.25) is 0 Å². The third-order valence-corrected chi connectivity index (χ3v) is 4.59. The molecule has 0 amide bonds. The number of hydrogen-bond acceptors (Lipinski definition) is 6. The van der Waals surface area contributed by atoms with Gasteiger partial charge in [0.15, 0.2) is 0 Å². The molecule has 1 aromatic carbocycles. The number of nitrogens with two attached hydrogens (primary N) is 1. The molecule has 0 bridgehead atoms. The summed E-state index contributed by atoms with van der Waals surface area (Å²) in [6.07, 6.45) is 2.33. The number of fused-ring (bicyclic) bond motifs is 1. The fraction of sp³-hybridized carbons (Fsp3) is 0.200. The second-order valence-electron chi connectivity index (χ2n) is 6.32. The molecule has 6 nitrogen and oxygen atoms in total. The highest BCUT2D eigenvalue weighted by Gasteiger charge is 2.23. The van der Waals surface area contributed by atoms with Gasteiger partial charge in [-0.3, -0.25) is 4.99 Å². The quantitative estimate of drug-likeness (QED) is 0.772. The van der Waals surface area contributed by atoms with Crippen LogP contribution in [-0.2, 0) is 6.42 Å². The van der Waals surface area contributed by atoms with Gasteiger partial charge < -0.3 is 10.5 Å². The summed E-state index contributed by atoms with van der Waals surface area (Å²) in [6.45, 7) is 1.88. The number of methoxy groups -OCH3 is 1. The summed E-state index contributed by atoms with van der Waals surface area (Å²) < 4.78 is 19.2. The molecule has 0 aliphatic carbocycles. The number of hydrogen-bond donors (Lipinski definition) is 1. The van der Waals surface area contributed by atoms with Gasteiger partial charge in [0.05, 0.1) is 30.2 Å². The summed E-state index contributed by atoms with van der Waals surface area (Å²) in [5, 5.41) is 0. The normalized spacial score (nSPS) is 15.4. The lowest BCUT2D eigenvalue weighted by Crippen LogP contribution is -2.15. The Morgan fingerprint density at radius 2 is 2.00 bits per heavy atom. The van der Waals surface area contributed by atoms with Crippen LogP contribution < -0.4 is 10.5 Å². The molecule has 3 aromatic rings. The predicted molar refractivity (Wildman–Crippen MR) is 101 cm³/mol. The average Bonchev–Trinajstić information content (AvgIpc) is 2.67. The third-order valence-electron chi connectivity index (χ3n) is 4.59. The molecule has 3 heterocycles. The number of benzene rings is 1. The van der Waals surface area contributed by atoms with Crippen LogP contribution in [-0.4, -0.2) is 28.3 Å². The summed E-state index contributed by atoms with van der Waals surface area (Å²) >= 11 is 0. The van der Waals surface area contributed by atoms with Crippen LogP contribution in [0.25, 0.3) is 11.3 Å². The maximum Gasteiger partial charge on any atom is 0.220 e. The van der Waals surface area contributed by atoms with E-state index in [1.165, 1.54) is 12.1 Å². The number of rotatable bonds is 3. The maximum absolute atomic E-state index is 14.0. The van der Waals surface area contributed by atoms with Crippen molar-refractivity contribution in [1.82, 2.24) is 15.0 Å². The molecule has 0 saturated carbocycles. The van der Waals surface area contributed by atoms with Crippen molar-refractivity contribution in [2.24, 2.45) is 4.99 Å². The fourth-order valence-corrected chi connectivity index (χ4v) is 3.30. The molecule has 1 aliphatic heterocycles. The molecule has 0 radical (unpaired) electrons. The minimum atomic E-state index is -0.332. The second kappa shape index (κ2) is 6.75. The number of nitrogens with zero attached hydrogens (tertiary/aromatic N) is 4. The molecule has 136 valence electrons. The van der Waals surface area contributed by atoms with E-state index in [0.29, 0.717) is 23.6 Å². The topological polar surface area (TPSA) is 86.3 Å². The number of pyridine rings is 1. The highest BCUT2D eigenvalue weighted by molar-refractivity contribution is 5.84.